The highest BCUT2D eigenvalue weighted by atomic mass is 16.5. The first-order valence-electron chi connectivity index (χ1n) is 9.88. The summed E-state index contributed by atoms with van der Waals surface area (Å²) in [6.07, 6.45) is 5.27. The van der Waals surface area contributed by atoms with Crippen molar-refractivity contribution in [1.82, 2.24) is 5.32 Å². The molecule has 0 aromatic heterocycles. The van der Waals surface area contributed by atoms with Gasteiger partial charge in [-0.1, -0.05) is 31.2 Å². The Morgan fingerprint density at radius 3 is 2.81 bits per heavy atom. The van der Waals surface area contributed by atoms with Crippen LogP contribution in [0.1, 0.15) is 43.7 Å². The molecule has 2 aromatic carbocycles. The van der Waals surface area contributed by atoms with Crippen LogP contribution in [0.5, 0.6) is 5.75 Å². The van der Waals surface area contributed by atoms with Gasteiger partial charge in [0.25, 0.3) is 0 Å². The predicted molar refractivity (Wildman–Crippen MR) is 109 cm³/mol. The van der Waals surface area contributed by atoms with E-state index < -0.39 is 0 Å². The minimum absolute atomic E-state index is 0.354. The van der Waals surface area contributed by atoms with E-state index in [1.54, 1.807) is 0 Å². The summed E-state index contributed by atoms with van der Waals surface area (Å²) in [7, 11) is 0. The third-order valence-corrected chi connectivity index (χ3v) is 5.51. The highest BCUT2D eigenvalue weighted by molar-refractivity contribution is 5.40. The maximum atomic E-state index is 6.27. The fourth-order valence-corrected chi connectivity index (χ4v) is 4.00. The molecule has 26 heavy (non-hydrogen) atoms. The maximum Gasteiger partial charge on any atom is 0.119 e. The van der Waals surface area contributed by atoms with Gasteiger partial charge >= 0.3 is 0 Å². The fraction of sp³-hybridized carbons (Fsp3) is 0.478. The van der Waals surface area contributed by atoms with Gasteiger partial charge in [-0.15, -0.1) is 0 Å². The Hall–Kier alpha value is -2.00. The van der Waals surface area contributed by atoms with E-state index >= 15 is 0 Å². The van der Waals surface area contributed by atoms with Crippen molar-refractivity contribution in [3.05, 3.63) is 59.7 Å². The topological polar surface area (TPSA) is 47.3 Å². The molecule has 0 heterocycles. The largest absolute Gasteiger partial charge is 0.490 e. The molecule has 0 radical (unpaired) electrons. The van der Waals surface area contributed by atoms with Crippen LogP contribution in [0.15, 0.2) is 48.5 Å². The molecule has 3 atom stereocenters. The first-order chi connectivity index (χ1) is 12.6. The van der Waals surface area contributed by atoms with E-state index in [0.29, 0.717) is 12.0 Å². The summed E-state index contributed by atoms with van der Waals surface area (Å²) < 4.78 is 6.27. The van der Waals surface area contributed by atoms with E-state index in [9.17, 15) is 0 Å². The number of nitrogens with one attached hydrogen (secondary N) is 1. The Balaban J connectivity index is 1.46. The first-order valence-corrected chi connectivity index (χ1v) is 9.88. The van der Waals surface area contributed by atoms with Crippen LogP contribution < -0.4 is 15.8 Å². The Bertz CT molecular complexity index is 700. The minimum Gasteiger partial charge on any atom is -0.490 e. The summed E-state index contributed by atoms with van der Waals surface area (Å²) in [5.41, 5.74) is 9.20. The molecule has 1 saturated carbocycles. The Kier molecular flexibility index (Phi) is 6.56. The molecule has 1 fully saturated rings. The Morgan fingerprint density at radius 2 is 2.00 bits per heavy atom. The summed E-state index contributed by atoms with van der Waals surface area (Å²) in [5.74, 6) is 2.40. The van der Waals surface area contributed by atoms with Gasteiger partial charge in [-0.3, -0.25) is 0 Å². The van der Waals surface area contributed by atoms with Gasteiger partial charge in [0, 0.05) is 12.2 Å². The summed E-state index contributed by atoms with van der Waals surface area (Å²) in [4.78, 5) is 0. The lowest BCUT2D eigenvalue weighted by Gasteiger charge is -2.33. The zero-order valence-electron chi connectivity index (χ0n) is 16.1. The van der Waals surface area contributed by atoms with Crippen LogP contribution in [0, 0.1) is 18.8 Å². The average molecular weight is 353 g/mol. The van der Waals surface area contributed by atoms with Crippen LogP contribution in [0.25, 0.3) is 0 Å². The predicted octanol–water partition coefficient (Wildman–Crippen LogP) is 4.94. The lowest BCUT2D eigenvalue weighted by Crippen LogP contribution is -2.33. The quantitative estimate of drug-likeness (QED) is 0.694. The third kappa shape index (κ3) is 5.50. The molecular formula is C23H32N2O. The highest BCUT2D eigenvalue weighted by Gasteiger charge is 2.27. The molecule has 2 aromatic rings. The van der Waals surface area contributed by atoms with Gasteiger partial charge in [-0.25, -0.2) is 0 Å². The van der Waals surface area contributed by atoms with Crippen LogP contribution in [-0.2, 0) is 6.54 Å². The first kappa shape index (κ1) is 18.8. The van der Waals surface area contributed by atoms with Crippen LogP contribution in [0.3, 0.4) is 0 Å². The lowest BCUT2D eigenvalue weighted by atomic mass is 9.79. The smallest absolute Gasteiger partial charge is 0.119 e. The van der Waals surface area contributed by atoms with Crippen molar-refractivity contribution in [2.45, 2.75) is 52.2 Å². The number of nitrogen functional groups attached to an aromatic ring is 1. The van der Waals surface area contributed by atoms with Crippen molar-refractivity contribution < 1.29 is 4.74 Å². The van der Waals surface area contributed by atoms with Crippen molar-refractivity contribution in [3.63, 3.8) is 0 Å². The third-order valence-electron chi connectivity index (χ3n) is 5.51. The van der Waals surface area contributed by atoms with Crippen molar-refractivity contribution in [2.24, 2.45) is 11.8 Å². The molecule has 3 rings (SSSR count). The molecule has 3 heteroatoms. The van der Waals surface area contributed by atoms with E-state index in [1.807, 2.05) is 18.2 Å². The standard InChI is InChI=1S/C23H32N2O/c1-17-6-3-10-22(12-17)26-23-11-5-8-20(14-23)18(2)15-25-16-19-7-4-9-21(24)13-19/h3-4,6-7,9-10,12-13,18,20,23,25H,5,8,11,14-16,24H2,1-2H3. The normalized spacial score (nSPS) is 21.3. The SMILES string of the molecule is Cc1cccc(OC2CCCC(C(C)CNCc3cccc(N)c3)C2)c1. The Labute approximate surface area is 158 Å². The molecule has 3 N–H and O–H groups in total. The number of hydrogen-bond acceptors (Lipinski definition) is 3. The minimum atomic E-state index is 0.354. The number of benzene rings is 2. The molecule has 0 aliphatic heterocycles. The summed E-state index contributed by atoms with van der Waals surface area (Å²) >= 11 is 0. The molecule has 140 valence electrons. The zero-order chi connectivity index (χ0) is 18.4. The van der Waals surface area contributed by atoms with Gasteiger partial charge < -0.3 is 15.8 Å². The van der Waals surface area contributed by atoms with Gasteiger partial charge in [0.1, 0.15) is 5.75 Å². The van der Waals surface area contributed by atoms with Gasteiger partial charge in [0.2, 0.25) is 0 Å². The molecular weight excluding hydrogens is 320 g/mol. The number of hydrogen-bond donors (Lipinski definition) is 2. The molecule has 0 spiro atoms. The van der Waals surface area contributed by atoms with E-state index in [-0.39, 0.29) is 0 Å². The zero-order valence-corrected chi connectivity index (χ0v) is 16.1. The highest BCUT2D eigenvalue weighted by Crippen LogP contribution is 2.32. The Morgan fingerprint density at radius 1 is 1.15 bits per heavy atom. The molecule has 1 aliphatic carbocycles. The molecule has 3 nitrogen and oxygen atoms in total. The number of nitrogens with two attached hydrogens (primary N) is 1. The molecule has 0 bridgehead atoms. The number of aryl methyl sites for hydroxylation is 1. The van der Waals surface area contributed by atoms with Crippen molar-refractivity contribution in [3.8, 4) is 5.75 Å². The summed E-state index contributed by atoms with van der Waals surface area (Å²) in [6.45, 7) is 6.40. The second kappa shape index (κ2) is 9.09. The average Bonchev–Trinajstić information content (AvgIpc) is 2.62. The van der Waals surface area contributed by atoms with Crippen LogP contribution >= 0.6 is 0 Å². The van der Waals surface area contributed by atoms with Crippen LogP contribution in [0.4, 0.5) is 5.69 Å². The van der Waals surface area contributed by atoms with E-state index in [1.165, 1.54) is 30.4 Å². The number of ether oxygens (including phenoxy) is 1. The van der Waals surface area contributed by atoms with E-state index in [4.69, 9.17) is 10.5 Å². The molecule has 1 aliphatic rings. The van der Waals surface area contributed by atoms with Crippen molar-refractivity contribution in [2.75, 3.05) is 12.3 Å². The molecule has 3 unspecified atom stereocenters. The second-order valence-electron chi connectivity index (χ2n) is 7.84. The fourth-order valence-electron chi connectivity index (χ4n) is 4.00. The second-order valence-corrected chi connectivity index (χ2v) is 7.84. The molecule has 0 amide bonds. The monoisotopic (exact) mass is 352 g/mol. The van der Waals surface area contributed by atoms with Gasteiger partial charge in [0.15, 0.2) is 0 Å². The lowest BCUT2D eigenvalue weighted by molar-refractivity contribution is 0.102. The number of rotatable bonds is 7. The maximum absolute atomic E-state index is 6.27. The van der Waals surface area contributed by atoms with E-state index in [2.05, 4.69) is 49.5 Å². The van der Waals surface area contributed by atoms with Gasteiger partial charge in [0.05, 0.1) is 6.10 Å². The van der Waals surface area contributed by atoms with Gasteiger partial charge in [-0.05, 0) is 86.4 Å². The van der Waals surface area contributed by atoms with Gasteiger partial charge in [-0.2, -0.15) is 0 Å². The summed E-state index contributed by atoms with van der Waals surface area (Å²) in [5, 5.41) is 3.60. The van der Waals surface area contributed by atoms with Crippen LogP contribution in [-0.4, -0.2) is 12.6 Å². The molecule has 0 saturated heterocycles. The van der Waals surface area contributed by atoms with E-state index in [0.717, 1.165) is 36.9 Å². The number of anilines is 1. The van der Waals surface area contributed by atoms with Crippen LogP contribution in [0.2, 0.25) is 0 Å². The van der Waals surface area contributed by atoms with Crippen molar-refractivity contribution in [1.29, 1.82) is 0 Å². The van der Waals surface area contributed by atoms with Crippen molar-refractivity contribution >= 4 is 5.69 Å². The summed E-state index contributed by atoms with van der Waals surface area (Å²) in [6, 6.07) is 16.5.